The molecule has 0 saturated heterocycles. The monoisotopic (exact) mass is 728 g/mol. The van der Waals surface area contributed by atoms with Gasteiger partial charge in [-0.05, 0) is 40.0 Å². The van der Waals surface area contributed by atoms with Gasteiger partial charge in [0, 0.05) is 25.9 Å². The molecule has 0 aromatic heterocycles. The van der Waals surface area contributed by atoms with Gasteiger partial charge in [-0.25, -0.2) is 0 Å². The molecule has 0 saturated carbocycles. The van der Waals surface area contributed by atoms with E-state index in [0.717, 1.165) is 38.5 Å². The molecule has 0 unspecified atom stereocenters. The number of hydrogen-bond acceptors (Lipinski definition) is 8. The summed E-state index contributed by atoms with van der Waals surface area (Å²) in [7, 11) is -18.0. The van der Waals surface area contributed by atoms with E-state index in [0.29, 0.717) is 13.1 Å². The lowest BCUT2D eigenvalue weighted by atomic mass is 10.2. The molecular formula is C18H56N2O19P4. The van der Waals surface area contributed by atoms with Crippen molar-refractivity contribution < 1.29 is 95.0 Å². The molecule has 0 aliphatic carbocycles. The van der Waals surface area contributed by atoms with E-state index in [4.69, 9.17) is 39.1 Å². The van der Waals surface area contributed by atoms with Gasteiger partial charge in [0.15, 0.2) is 0 Å². The van der Waals surface area contributed by atoms with Gasteiger partial charge in [0.1, 0.15) is 0 Å². The van der Waals surface area contributed by atoms with Crippen LogP contribution < -0.4 is 0 Å². The van der Waals surface area contributed by atoms with Crippen LogP contribution >= 0.6 is 30.4 Å². The molecule has 0 fully saturated rings. The highest BCUT2D eigenvalue weighted by Crippen LogP contribution is 2.69. The first kappa shape index (κ1) is 58.7. The first-order valence-corrected chi connectivity index (χ1v) is 18.4. The van der Waals surface area contributed by atoms with E-state index in [1.807, 2.05) is 13.8 Å². The normalized spacial score (nSPS) is 12.5. The molecule has 0 atom stereocenters. The van der Waals surface area contributed by atoms with E-state index in [-0.39, 0.29) is 40.5 Å². The molecule has 0 aliphatic rings. The Labute approximate surface area is 251 Å². The molecule has 21 nitrogen and oxygen atoms in total. The molecule has 0 amide bonds. The van der Waals surface area contributed by atoms with Crippen molar-refractivity contribution in [2.24, 2.45) is 0 Å². The van der Waals surface area contributed by atoms with E-state index < -0.39 is 53.4 Å². The van der Waals surface area contributed by atoms with Gasteiger partial charge in [-0.15, -0.1) is 0 Å². The van der Waals surface area contributed by atoms with Crippen LogP contribution in [-0.2, 0) is 18.3 Å². The van der Waals surface area contributed by atoms with Crippen molar-refractivity contribution in [1.29, 1.82) is 0 Å². The molecule has 272 valence electrons. The average Bonchev–Trinajstić information content (AvgIpc) is 2.73. The quantitative estimate of drug-likeness (QED) is 0.0493. The van der Waals surface area contributed by atoms with Crippen LogP contribution in [0.3, 0.4) is 0 Å². The Morgan fingerprint density at radius 1 is 0.465 bits per heavy atom. The third-order valence-corrected chi connectivity index (χ3v) is 13.6. The van der Waals surface area contributed by atoms with E-state index >= 15 is 0 Å². The first-order valence-electron chi connectivity index (χ1n) is 12.0. The zero-order valence-electron chi connectivity index (χ0n) is 24.8. The van der Waals surface area contributed by atoms with Crippen LogP contribution in [0.5, 0.6) is 0 Å². The van der Waals surface area contributed by atoms with Crippen LogP contribution in [0.15, 0.2) is 0 Å². The standard InChI is InChI=1S/2C9H23NO7P2.5H2O/c2*1-3-4-5-7-10(2)8-6-9(11,18(12,13)14)19(15,16)17;;;;;/h2*11H,3-8H2,1-2H3,(H2,12,13,14)(H2,15,16,17);5*1H2. The number of aliphatic hydroxyl groups is 2. The largest absolute Gasteiger partial charge is 0.412 e. The molecule has 0 radical (unpaired) electrons. The third-order valence-electron chi connectivity index (χ3n) is 5.81. The molecule has 0 aliphatic heterocycles. The summed E-state index contributed by atoms with van der Waals surface area (Å²) in [6.07, 6.45) is 4.38. The van der Waals surface area contributed by atoms with Crippen LogP contribution in [0.4, 0.5) is 0 Å². The zero-order valence-corrected chi connectivity index (χ0v) is 28.4. The van der Waals surface area contributed by atoms with E-state index in [2.05, 4.69) is 0 Å². The summed E-state index contributed by atoms with van der Waals surface area (Å²) >= 11 is 0. The average molecular weight is 729 g/mol. The van der Waals surface area contributed by atoms with Crippen LogP contribution in [-0.4, -0.2) is 137 Å². The zero-order chi connectivity index (χ0) is 30.6. The van der Waals surface area contributed by atoms with Crippen molar-refractivity contribution in [1.82, 2.24) is 9.80 Å². The molecule has 43 heavy (non-hydrogen) atoms. The van der Waals surface area contributed by atoms with Gasteiger partial charge in [0.05, 0.1) is 0 Å². The number of hydrogen-bond donors (Lipinski definition) is 10. The second kappa shape index (κ2) is 24.4. The van der Waals surface area contributed by atoms with Crippen molar-refractivity contribution in [2.75, 3.05) is 40.3 Å². The van der Waals surface area contributed by atoms with Crippen molar-refractivity contribution in [2.45, 2.75) is 75.4 Å². The maximum absolute atomic E-state index is 11.1. The van der Waals surface area contributed by atoms with Crippen LogP contribution in [0.2, 0.25) is 0 Å². The summed E-state index contributed by atoms with van der Waals surface area (Å²) in [5.41, 5.74) is 0. The lowest BCUT2D eigenvalue weighted by Crippen LogP contribution is -2.34. The maximum Gasteiger partial charge on any atom is 0.369 e. The molecule has 0 aromatic carbocycles. The molecule has 0 rings (SSSR count). The predicted octanol–water partition coefficient (Wildman–Crippen LogP) is -3.12. The Balaban J connectivity index is -0.000000108. The van der Waals surface area contributed by atoms with Gasteiger partial charge in [-0.1, -0.05) is 39.5 Å². The number of rotatable bonds is 18. The Kier molecular flexibility index (Phi) is 33.4. The lowest BCUT2D eigenvalue weighted by molar-refractivity contribution is 0.111. The SMILES string of the molecule is CCCCCN(C)CCC(O)(P(=O)(O)O)P(=O)(O)O.CCCCCN(C)CCC(O)(P(=O)(O)O)P(=O)(O)O.O.O.O.O.O. The van der Waals surface area contributed by atoms with Crippen molar-refractivity contribution >= 4 is 30.4 Å². The molecule has 0 heterocycles. The van der Waals surface area contributed by atoms with Gasteiger partial charge in [-0.3, -0.25) is 18.3 Å². The predicted molar refractivity (Wildman–Crippen MR) is 159 cm³/mol. The summed E-state index contributed by atoms with van der Waals surface area (Å²) in [6, 6.07) is 0. The molecule has 0 aromatic rings. The topological polar surface area (TPSA) is 435 Å². The highest BCUT2D eigenvalue weighted by atomic mass is 31.2. The molecule has 20 N–H and O–H groups in total. The van der Waals surface area contributed by atoms with E-state index in [9.17, 15) is 28.5 Å². The van der Waals surface area contributed by atoms with Gasteiger partial charge in [0.2, 0.25) is 0 Å². The highest BCUT2D eigenvalue weighted by molar-refractivity contribution is 7.72. The second-order valence-corrected chi connectivity index (χ2v) is 17.3. The lowest BCUT2D eigenvalue weighted by Gasteiger charge is -2.30. The summed E-state index contributed by atoms with van der Waals surface area (Å²) < 4.78 is 44.4. The fourth-order valence-corrected chi connectivity index (χ4v) is 7.37. The Bertz CT molecular complexity index is 760. The summed E-state index contributed by atoms with van der Waals surface area (Å²) in [5, 5.41) is 12.7. The molecule has 0 spiro atoms. The summed E-state index contributed by atoms with van der Waals surface area (Å²) in [5.74, 6) is 0. The van der Waals surface area contributed by atoms with Gasteiger partial charge in [-0.2, -0.15) is 0 Å². The highest BCUT2D eigenvalue weighted by Gasteiger charge is 2.59. The van der Waals surface area contributed by atoms with Crippen LogP contribution in [0, 0.1) is 0 Å². The second-order valence-electron chi connectivity index (χ2n) is 9.25. The minimum Gasteiger partial charge on any atom is -0.412 e. The summed E-state index contributed by atoms with van der Waals surface area (Å²) in [6.45, 7) is 5.28. The number of unbranched alkanes of at least 4 members (excludes halogenated alkanes) is 4. The molecule has 25 heteroatoms. The van der Waals surface area contributed by atoms with Gasteiger partial charge in [0.25, 0.3) is 10.2 Å². The van der Waals surface area contributed by atoms with E-state index in [1.54, 1.807) is 23.9 Å². The molecule has 0 bridgehead atoms. The minimum atomic E-state index is -5.33. The van der Waals surface area contributed by atoms with Crippen LogP contribution in [0.1, 0.15) is 65.2 Å². The smallest absolute Gasteiger partial charge is 0.369 e. The first-order chi connectivity index (χ1) is 16.9. The van der Waals surface area contributed by atoms with Crippen molar-refractivity contribution in [3.63, 3.8) is 0 Å². The van der Waals surface area contributed by atoms with E-state index in [1.165, 1.54) is 0 Å². The third kappa shape index (κ3) is 20.2. The number of nitrogens with zero attached hydrogens (tertiary/aromatic N) is 2. The van der Waals surface area contributed by atoms with Crippen LogP contribution in [0.25, 0.3) is 0 Å². The van der Waals surface area contributed by atoms with Crippen molar-refractivity contribution in [3.05, 3.63) is 0 Å². The van der Waals surface area contributed by atoms with Crippen molar-refractivity contribution in [3.8, 4) is 0 Å². The Morgan fingerprint density at radius 3 is 0.837 bits per heavy atom. The summed E-state index contributed by atoms with van der Waals surface area (Å²) in [4.78, 5) is 74.9. The fourth-order valence-electron chi connectivity index (χ4n) is 3.09. The molecular weight excluding hydrogens is 672 g/mol. The Morgan fingerprint density at radius 2 is 0.674 bits per heavy atom. The van der Waals surface area contributed by atoms with Gasteiger partial charge >= 0.3 is 30.4 Å². The maximum atomic E-state index is 11.1. The Hall–Kier alpha value is 0.240. The fraction of sp³-hybridized carbons (Fsp3) is 1.00. The van der Waals surface area contributed by atoms with Gasteiger partial charge < -0.3 is 86.5 Å². The minimum absolute atomic E-state index is 0.